The summed E-state index contributed by atoms with van der Waals surface area (Å²) >= 11 is 0. The first-order chi connectivity index (χ1) is 15.7. The molecule has 0 saturated heterocycles. The molecule has 9 nitrogen and oxygen atoms in total. The molecule has 0 radical (unpaired) electrons. The average Bonchev–Trinajstić information content (AvgIpc) is 2.73. The number of hydrogen-bond acceptors (Lipinski definition) is 8. The number of benzene rings is 2. The highest BCUT2D eigenvalue weighted by Crippen LogP contribution is 2.30. The van der Waals surface area contributed by atoms with E-state index in [2.05, 4.69) is 15.0 Å². The minimum atomic E-state index is -0.965. The van der Waals surface area contributed by atoms with Crippen molar-refractivity contribution in [3.63, 3.8) is 0 Å². The van der Waals surface area contributed by atoms with Gasteiger partial charge < -0.3 is 11.5 Å². The molecule has 0 bridgehead atoms. The van der Waals surface area contributed by atoms with Gasteiger partial charge in [-0.25, -0.2) is 22.7 Å². The molecule has 4 N–H and O–H groups in total. The maximum atomic E-state index is 14.6. The third-order valence-corrected chi connectivity index (χ3v) is 4.79. The molecule has 0 amide bonds. The Morgan fingerprint density at radius 1 is 1.09 bits per heavy atom. The van der Waals surface area contributed by atoms with Crippen molar-refractivity contribution in [3.05, 3.63) is 69.8 Å². The van der Waals surface area contributed by atoms with E-state index < -0.39 is 23.0 Å². The molecule has 0 unspecified atom stereocenters. The number of aromatic nitrogens is 4. The highest BCUT2D eigenvalue weighted by molar-refractivity contribution is 5.81. The summed E-state index contributed by atoms with van der Waals surface area (Å²) in [4.78, 5) is 26.9. The van der Waals surface area contributed by atoms with Crippen LogP contribution in [0.15, 0.2) is 41.2 Å². The van der Waals surface area contributed by atoms with Crippen LogP contribution in [0.2, 0.25) is 0 Å². The van der Waals surface area contributed by atoms with Crippen LogP contribution in [0.3, 0.4) is 0 Å². The van der Waals surface area contributed by atoms with Crippen LogP contribution >= 0.6 is 0 Å². The highest BCUT2D eigenvalue weighted by atomic mass is 19.1. The molecule has 0 saturated carbocycles. The lowest BCUT2D eigenvalue weighted by molar-refractivity contribution is 0.581. The van der Waals surface area contributed by atoms with Crippen molar-refractivity contribution in [2.75, 3.05) is 22.9 Å². The van der Waals surface area contributed by atoms with Crippen molar-refractivity contribution in [2.45, 2.75) is 6.92 Å². The number of nitrogen functional groups attached to an aromatic ring is 2. The van der Waals surface area contributed by atoms with E-state index in [0.717, 1.165) is 22.8 Å². The molecule has 0 aliphatic heterocycles. The summed E-state index contributed by atoms with van der Waals surface area (Å²) in [6, 6.07) is 8.11. The molecular weight excluding hydrogens is 437 g/mol. The Morgan fingerprint density at radius 2 is 1.79 bits per heavy atom. The van der Waals surface area contributed by atoms with Gasteiger partial charge in [-0.1, -0.05) is 6.07 Å². The maximum absolute atomic E-state index is 14.6. The summed E-state index contributed by atoms with van der Waals surface area (Å²) in [6.45, 7) is 1.71. The van der Waals surface area contributed by atoms with Gasteiger partial charge in [-0.2, -0.15) is 15.2 Å². The van der Waals surface area contributed by atoms with Crippen LogP contribution in [0.4, 0.5) is 36.7 Å². The normalized spacial score (nSPS) is 10.9. The van der Waals surface area contributed by atoms with Gasteiger partial charge in [0.1, 0.15) is 40.3 Å². The second-order valence-corrected chi connectivity index (χ2v) is 6.84. The fraction of sp³-hybridized carbons (Fsp3) is 0.0952. The van der Waals surface area contributed by atoms with E-state index in [0.29, 0.717) is 6.07 Å². The minimum Gasteiger partial charge on any atom is -0.382 e. The van der Waals surface area contributed by atoms with Crippen molar-refractivity contribution >= 4 is 34.4 Å². The Hall–Kier alpha value is -4.66. The van der Waals surface area contributed by atoms with Gasteiger partial charge in [0.15, 0.2) is 5.82 Å². The van der Waals surface area contributed by atoms with Crippen molar-refractivity contribution < 1.29 is 13.2 Å². The largest absolute Gasteiger partial charge is 0.382 e. The van der Waals surface area contributed by atoms with Gasteiger partial charge in [-0.3, -0.25) is 9.69 Å². The quantitative estimate of drug-likeness (QED) is 0.482. The third kappa shape index (κ3) is 3.65. The first-order valence-corrected chi connectivity index (χ1v) is 9.53. The molecule has 0 fully saturated rings. The second kappa shape index (κ2) is 8.12. The predicted octanol–water partition coefficient (Wildman–Crippen LogP) is 2.79. The molecule has 12 heteroatoms. The van der Waals surface area contributed by atoms with Crippen molar-refractivity contribution in [1.82, 2.24) is 19.5 Å². The number of rotatable bonds is 4. The zero-order valence-corrected chi connectivity index (χ0v) is 17.1. The highest BCUT2D eigenvalue weighted by Gasteiger charge is 2.25. The molecule has 0 spiro atoms. The van der Waals surface area contributed by atoms with E-state index in [1.54, 1.807) is 6.92 Å². The Bertz CT molecular complexity index is 1490. The van der Waals surface area contributed by atoms with Gasteiger partial charge >= 0.3 is 0 Å². The number of fused-ring (bicyclic) bond motifs is 1. The molecule has 166 valence electrons. The van der Waals surface area contributed by atoms with E-state index >= 15 is 0 Å². The maximum Gasteiger partial charge on any atom is 0.270 e. The van der Waals surface area contributed by atoms with Gasteiger partial charge in [0.2, 0.25) is 11.9 Å². The summed E-state index contributed by atoms with van der Waals surface area (Å²) in [5.41, 5.74) is 10.2. The van der Waals surface area contributed by atoms with Crippen molar-refractivity contribution in [3.8, 4) is 11.8 Å². The molecule has 2 heterocycles. The lowest BCUT2D eigenvalue weighted by atomic mass is 10.2. The monoisotopic (exact) mass is 452 g/mol. The van der Waals surface area contributed by atoms with Gasteiger partial charge in [0, 0.05) is 12.6 Å². The van der Waals surface area contributed by atoms with Crippen LogP contribution in [0, 0.1) is 28.8 Å². The van der Waals surface area contributed by atoms with Crippen LogP contribution in [-0.4, -0.2) is 26.1 Å². The summed E-state index contributed by atoms with van der Waals surface area (Å²) in [6.07, 6.45) is 0. The number of nitrogens with two attached hydrogens (primary N) is 2. The van der Waals surface area contributed by atoms with E-state index in [4.69, 9.17) is 11.5 Å². The zero-order chi connectivity index (χ0) is 23.9. The lowest BCUT2D eigenvalue weighted by Crippen LogP contribution is -2.31. The molecule has 4 aromatic rings. The number of halogens is 3. The number of hydrogen-bond donors (Lipinski definition) is 2. The van der Waals surface area contributed by atoms with Crippen LogP contribution in [-0.2, 0) is 0 Å². The fourth-order valence-corrected chi connectivity index (χ4v) is 3.43. The Balaban J connectivity index is 2.15. The second-order valence-electron chi connectivity index (χ2n) is 6.84. The van der Waals surface area contributed by atoms with Gasteiger partial charge in [-0.15, -0.1) is 0 Å². The number of nitrogens with zero attached hydrogens (tertiary/aromatic N) is 6. The fourth-order valence-electron chi connectivity index (χ4n) is 3.43. The van der Waals surface area contributed by atoms with Gasteiger partial charge in [0.05, 0.1) is 11.2 Å². The SMILES string of the molecule is CCN(c1nc(N)nc(N)c1C#N)c1nc2cccc(F)c2c(=O)n1-c1cc(F)cc(F)c1. The zero-order valence-electron chi connectivity index (χ0n) is 17.1. The molecule has 4 rings (SSSR count). The van der Waals surface area contributed by atoms with Crippen LogP contribution in [0.25, 0.3) is 16.6 Å². The lowest BCUT2D eigenvalue weighted by Gasteiger charge is -2.26. The van der Waals surface area contributed by atoms with Crippen molar-refractivity contribution in [2.24, 2.45) is 0 Å². The predicted molar refractivity (Wildman–Crippen MR) is 115 cm³/mol. The van der Waals surface area contributed by atoms with E-state index in [1.165, 1.54) is 17.0 Å². The molecular formula is C21H15F3N8O. The number of anilines is 4. The van der Waals surface area contributed by atoms with Crippen LogP contribution in [0.1, 0.15) is 12.5 Å². The first kappa shape index (κ1) is 21.6. The molecule has 2 aromatic carbocycles. The van der Waals surface area contributed by atoms with E-state index in [9.17, 15) is 23.2 Å². The minimum absolute atomic E-state index is 0.0184. The topological polar surface area (TPSA) is 140 Å². The summed E-state index contributed by atoms with van der Waals surface area (Å²) in [7, 11) is 0. The molecule has 0 aliphatic rings. The Labute approximate surface area is 184 Å². The van der Waals surface area contributed by atoms with Crippen LogP contribution < -0.4 is 21.9 Å². The summed E-state index contributed by atoms with van der Waals surface area (Å²) in [5, 5.41) is 9.20. The average molecular weight is 452 g/mol. The van der Waals surface area contributed by atoms with Gasteiger partial charge in [0.25, 0.3) is 5.56 Å². The van der Waals surface area contributed by atoms with E-state index in [1.807, 2.05) is 6.07 Å². The Kier molecular flexibility index (Phi) is 5.31. The van der Waals surface area contributed by atoms with Crippen molar-refractivity contribution in [1.29, 1.82) is 5.26 Å². The summed E-state index contributed by atoms with van der Waals surface area (Å²) in [5.74, 6) is -3.54. The van der Waals surface area contributed by atoms with Gasteiger partial charge in [-0.05, 0) is 31.2 Å². The smallest absolute Gasteiger partial charge is 0.270 e. The Morgan fingerprint density at radius 3 is 2.42 bits per heavy atom. The molecule has 33 heavy (non-hydrogen) atoms. The molecule has 0 aliphatic carbocycles. The third-order valence-electron chi connectivity index (χ3n) is 4.79. The number of nitriles is 1. The summed E-state index contributed by atoms with van der Waals surface area (Å²) < 4.78 is 43.5. The van der Waals surface area contributed by atoms with Crippen LogP contribution in [0.5, 0.6) is 0 Å². The molecule has 2 aromatic heterocycles. The first-order valence-electron chi connectivity index (χ1n) is 9.53. The van der Waals surface area contributed by atoms with E-state index in [-0.39, 0.29) is 52.2 Å². The standard InChI is InChI=1S/C21H15F3N8O/c1-2-31(18-13(9-25)17(26)29-20(27)30-18)21-28-15-5-3-4-14(24)16(15)19(33)32(21)12-7-10(22)6-11(23)8-12/h3-8H,2H2,1H3,(H4,26,27,29,30). The molecule has 0 atom stereocenters.